The standard InChI is InChI=1S/C18H22N2O/c1-13(14-7-3-2-4-8-14)20-18(21)16-11-12-19-17-10-6-5-9-15(16)17/h5-6,9-14H,2-4,7-8H2,1H3,(H,20,21)/t13-/m0/s1. The minimum Gasteiger partial charge on any atom is -0.349 e. The van der Waals surface area contributed by atoms with Gasteiger partial charge in [0.05, 0.1) is 11.1 Å². The molecule has 1 fully saturated rings. The van der Waals surface area contributed by atoms with Crippen LogP contribution in [-0.4, -0.2) is 16.9 Å². The van der Waals surface area contributed by atoms with Gasteiger partial charge >= 0.3 is 0 Å². The zero-order chi connectivity index (χ0) is 14.7. The van der Waals surface area contributed by atoms with Gasteiger partial charge in [-0.25, -0.2) is 0 Å². The van der Waals surface area contributed by atoms with Gasteiger partial charge in [-0.2, -0.15) is 0 Å². The first-order valence-electron chi connectivity index (χ1n) is 7.90. The summed E-state index contributed by atoms with van der Waals surface area (Å²) >= 11 is 0. The molecule has 21 heavy (non-hydrogen) atoms. The van der Waals surface area contributed by atoms with Crippen LogP contribution in [0.2, 0.25) is 0 Å². The number of pyridine rings is 1. The lowest BCUT2D eigenvalue weighted by molar-refractivity contribution is 0.0921. The van der Waals surface area contributed by atoms with Crippen molar-refractivity contribution in [2.24, 2.45) is 5.92 Å². The van der Waals surface area contributed by atoms with Crippen molar-refractivity contribution in [1.29, 1.82) is 0 Å². The fraction of sp³-hybridized carbons (Fsp3) is 0.444. The monoisotopic (exact) mass is 282 g/mol. The molecule has 1 aliphatic rings. The molecule has 1 heterocycles. The van der Waals surface area contributed by atoms with Gasteiger partial charge in [0.15, 0.2) is 0 Å². The van der Waals surface area contributed by atoms with E-state index in [-0.39, 0.29) is 11.9 Å². The molecule has 1 aromatic heterocycles. The first kappa shape index (κ1) is 14.1. The molecule has 3 rings (SSSR count). The van der Waals surface area contributed by atoms with Crippen molar-refractivity contribution in [2.45, 2.75) is 45.1 Å². The summed E-state index contributed by atoms with van der Waals surface area (Å²) in [6, 6.07) is 9.85. The fourth-order valence-electron chi connectivity index (χ4n) is 3.33. The van der Waals surface area contributed by atoms with Crippen molar-refractivity contribution in [2.75, 3.05) is 0 Å². The van der Waals surface area contributed by atoms with E-state index in [0.29, 0.717) is 5.92 Å². The van der Waals surface area contributed by atoms with Crippen molar-refractivity contribution in [3.63, 3.8) is 0 Å². The smallest absolute Gasteiger partial charge is 0.252 e. The second kappa shape index (κ2) is 6.25. The van der Waals surface area contributed by atoms with E-state index in [1.165, 1.54) is 32.1 Å². The summed E-state index contributed by atoms with van der Waals surface area (Å²) in [5.41, 5.74) is 1.60. The van der Waals surface area contributed by atoms with E-state index < -0.39 is 0 Å². The first-order valence-corrected chi connectivity index (χ1v) is 7.90. The molecule has 0 bridgehead atoms. The second-order valence-electron chi connectivity index (χ2n) is 6.04. The third-order valence-corrected chi connectivity index (χ3v) is 4.61. The van der Waals surface area contributed by atoms with Crippen molar-refractivity contribution >= 4 is 16.8 Å². The normalized spacial score (nSPS) is 17.6. The number of rotatable bonds is 3. The molecule has 1 amide bonds. The number of hydrogen-bond donors (Lipinski definition) is 1. The van der Waals surface area contributed by atoms with Crippen molar-refractivity contribution in [3.05, 3.63) is 42.1 Å². The Balaban J connectivity index is 1.77. The minimum absolute atomic E-state index is 0.0201. The molecule has 0 radical (unpaired) electrons. The maximum Gasteiger partial charge on any atom is 0.252 e. The summed E-state index contributed by atoms with van der Waals surface area (Å²) in [6.07, 6.45) is 8.11. The van der Waals surface area contributed by atoms with Gasteiger partial charge in [0, 0.05) is 17.6 Å². The van der Waals surface area contributed by atoms with Gasteiger partial charge in [-0.05, 0) is 37.8 Å². The van der Waals surface area contributed by atoms with Crippen molar-refractivity contribution in [3.8, 4) is 0 Å². The molecule has 0 saturated heterocycles. The summed E-state index contributed by atoms with van der Waals surface area (Å²) in [7, 11) is 0. The Labute approximate surface area is 125 Å². The highest BCUT2D eigenvalue weighted by Crippen LogP contribution is 2.26. The van der Waals surface area contributed by atoms with Crippen LogP contribution in [0.15, 0.2) is 36.5 Å². The summed E-state index contributed by atoms with van der Waals surface area (Å²) < 4.78 is 0. The number of fused-ring (bicyclic) bond motifs is 1. The van der Waals surface area contributed by atoms with Crippen LogP contribution in [-0.2, 0) is 0 Å². The van der Waals surface area contributed by atoms with E-state index in [4.69, 9.17) is 0 Å². The quantitative estimate of drug-likeness (QED) is 0.926. The molecule has 1 aliphatic carbocycles. The van der Waals surface area contributed by atoms with Crippen LogP contribution in [0.4, 0.5) is 0 Å². The van der Waals surface area contributed by atoms with Crippen LogP contribution < -0.4 is 5.32 Å². The maximum absolute atomic E-state index is 12.6. The SMILES string of the molecule is C[C@H](NC(=O)c1ccnc2ccccc12)C1CCCCC1. The summed E-state index contributed by atoms with van der Waals surface area (Å²) in [5, 5.41) is 4.12. The van der Waals surface area contributed by atoms with Crippen LogP contribution in [0.3, 0.4) is 0 Å². The highest BCUT2D eigenvalue weighted by molar-refractivity contribution is 6.06. The Bertz CT molecular complexity index is 627. The molecule has 1 N–H and O–H groups in total. The van der Waals surface area contributed by atoms with E-state index in [1.807, 2.05) is 30.3 Å². The van der Waals surface area contributed by atoms with Gasteiger partial charge < -0.3 is 5.32 Å². The van der Waals surface area contributed by atoms with Gasteiger partial charge in [-0.1, -0.05) is 37.5 Å². The highest BCUT2D eigenvalue weighted by Gasteiger charge is 2.22. The molecule has 1 saturated carbocycles. The van der Waals surface area contributed by atoms with Crippen LogP contribution >= 0.6 is 0 Å². The van der Waals surface area contributed by atoms with Crippen LogP contribution in [0, 0.1) is 5.92 Å². The molecule has 0 spiro atoms. The highest BCUT2D eigenvalue weighted by atomic mass is 16.1. The lowest BCUT2D eigenvalue weighted by atomic mass is 9.84. The average molecular weight is 282 g/mol. The minimum atomic E-state index is 0.0201. The van der Waals surface area contributed by atoms with Gasteiger partial charge in [-0.15, -0.1) is 0 Å². The fourth-order valence-corrected chi connectivity index (χ4v) is 3.33. The molecular weight excluding hydrogens is 260 g/mol. The number of benzene rings is 1. The summed E-state index contributed by atoms with van der Waals surface area (Å²) in [6.45, 7) is 2.14. The van der Waals surface area contributed by atoms with Crippen molar-refractivity contribution in [1.82, 2.24) is 10.3 Å². The molecule has 110 valence electrons. The number of carbonyl (C=O) groups excluding carboxylic acids is 1. The molecular formula is C18H22N2O. The zero-order valence-corrected chi connectivity index (χ0v) is 12.5. The first-order chi connectivity index (χ1) is 10.3. The maximum atomic E-state index is 12.6. The molecule has 1 atom stereocenters. The van der Waals surface area contributed by atoms with Gasteiger partial charge in [-0.3, -0.25) is 9.78 Å². The summed E-state index contributed by atoms with van der Waals surface area (Å²) in [5.74, 6) is 0.641. The Hall–Kier alpha value is -1.90. The third-order valence-electron chi connectivity index (χ3n) is 4.61. The Kier molecular flexibility index (Phi) is 4.18. The molecule has 1 aromatic carbocycles. The Morgan fingerprint density at radius 3 is 2.76 bits per heavy atom. The molecule has 0 unspecified atom stereocenters. The van der Waals surface area contributed by atoms with E-state index in [0.717, 1.165) is 16.5 Å². The van der Waals surface area contributed by atoms with Crippen LogP contribution in [0.1, 0.15) is 49.4 Å². The number of aromatic nitrogens is 1. The number of nitrogens with zero attached hydrogens (tertiary/aromatic N) is 1. The Morgan fingerprint density at radius 2 is 1.95 bits per heavy atom. The van der Waals surface area contributed by atoms with Crippen LogP contribution in [0.5, 0.6) is 0 Å². The number of amides is 1. The molecule has 3 heteroatoms. The third kappa shape index (κ3) is 3.07. The number of para-hydroxylation sites is 1. The van der Waals surface area contributed by atoms with E-state index in [2.05, 4.69) is 17.2 Å². The van der Waals surface area contributed by atoms with E-state index in [1.54, 1.807) is 6.20 Å². The van der Waals surface area contributed by atoms with Gasteiger partial charge in [0.25, 0.3) is 5.91 Å². The largest absolute Gasteiger partial charge is 0.349 e. The molecule has 3 nitrogen and oxygen atoms in total. The predicted molar refractivity (Wildman–Crippen MR) is 85.2 cm³/mol. The topological polar surface area (TPSA) is 42.0 Å². The zero-order valence-electron chi connectivity index (χ0n) is 12.5. The predicted octanol–water partition coefficient (Wildman–Crippen LogP) is 3.93. The lowest BCUT2D eigenvalue weighted by Gasteiger charge is -2.28. The van der Waals surface area contributed by atoms with Gasteiger partial charge in [0.2, 0.25) is 0 Å². The van der Waals surface area contributed by atoms with Crippen molar-refractivity contribution < 1.29 is 4.79 Å². The average Bonchev–Trinajstić information content (AvgIpc) is 2.55. The van der Waals surface area contributed by atoms with Gasteiger partial charge in [0.1, 0.15) is 0 Å². The number of hydrogen-bond acceptors (Lipinski definition) is 2. The molecule has 2 aromatic rings. The van der Waals surface area contributed by atoms with Crippen LogP contribution in [0.25, 0.3) is 10.9 Å². The second-order valence-corrected chi connectivity index (χ2v) is 6.04. The van der Waals surface area contributed by atoms with E-state index >= 15 is 0 Å². The number of carbonyl (C=O) groups is 1. The lowest BCUT2D eigenvalue weighted by Crippen LogP contribution is -2.38. The molecule has 0 aliphatic heterocycles. The van der Waals surface area contributed by atoms with E-state index in [9.17, 15) is 4.79 Å². The Morgan fingerprint density at radius 1 is 1.19 bits per heavy atom. The summed E-state index contributed by atoms with van der Waals surface area (Å²) in [4.78, 5) is 16.9. The number of nitrogens with one attached hydrogen (secondary N) is 1.